The number of carbonyl (C=O) groups excluding carboxylic acids is 1. The van der Waals surface area contributed by atoms with Gasteiger partial charge in [-0.1, -0.05) is 6.07 Å². The molecule has 2 rings (SSSR count). The summed E-state index contributed by atoms with van der Waals surface area (Å²) in [4.78, 5) is 25.3. The van der Waals surface area contributed by atoms with Gasteiger partial charge in [0, 0.05) is 56.4 Å². The average molecular weight is 345 g/mol. The number of nitrogens with zero attached hydrogens (tertiary/aromatic N) is 3. The molecule has 0 saturated heterocycles. The van der Waals surface area contributed by atoms with Crippen LogP contribution in [0.5, 0.6) is 0 Å². The highest BCUT2D eigenvalue weighted by atomic mass is 16.6. The highest BCUT2D eigenvalue weighted by Gasteiger charge is 2.20. The molecule has 0 aliphatic rings. The topological polar surface area (TPSA) is 77.6 Å². The Morgan fingerprint density at radius 1 is 1.36 bits per heavy atom. The van der Waals surface area contributed by atoms with Crippen molar-refractivity contribution in [1.29, 1.82) is 0 Å². The first kappa shape index (κ1) is 18.7. The third-order valence-electron chi connectivity index (χ3n) is 4.12. The number of nitro groups is 1. The average Bonchev–Trinajstić information content (AvgIpc) is 2.98. The summed E-state index contributed by atoms with van der Waals surface area (Å²) in [6.07, 6.45) is 2.62. The highest BCUT2D eigenvalue weighted by molar-refractivity contribution is 5.95. The van der Waals surface area contributed by atoms with E-state index in [4.69, 9.17) is 4.74 Å². The second kappa shape index (κ2) is 8.43. The van der Waals surface area contributed by atoms with Crippen molar-refractivity contribution in [1.82, 2.24) is 9.47 Å². The van der Waals surface area contributed by atoms with E-state index in [1.165, 1.54) is 6.07 Å². The normalized spacial score (nSPS) is 10.7. The van der Waals surface area contributed by atoms with Gasteiger partial charge in [0.05, 0.1) is 11.5 Å². The summed E-state index contributed by atoms with van der Waals surface area (Å²) in [5.74, 6) is -0.222. The zero-order chi connectivity index (χ0) is 18.4. The predicted octanol–water partition coefficient (Wildman–Crippen LogP) is 2.92. The highest BCUT2D eigenvalue weighted by Crippen LogP contribution is 2.21. The minimum Gasteiger partial charge on any atom is -0.385 e. The van der Waals surface area contributed by atoms with Crippen molar-refractivity contribution in [3.63, 3.8) is 0 Å². The third-order valence-corrected chi connectivity index (χ3v) is 4.12. The first-order chi connectivity index (χ1) is 11.9. The maximum atomic E-state index is 12.9. The Hall–Kier alpha value is -2.67. The van der Waals surface area contributed by atoms with Crippen molar-refractivity contribution in [2.24, 2.45) is 7.05 Å². The van der Waals surface area contributed by atoms with E-state index in [2.05, 4.69) is 0 Å². The standard InChI is InChI=1S/C18H23N3O4/c1-14-7-8-15(12-17(14)21(23)24)18(22)20(10-5-11-25-3)13-16-6-4-9-19(16)2/h4,6-9,12H,5,10-11,13H2,1-3H3. The van der Waals surface area contributed by atoms with Crippen LogP contribution in [-0.4, -0.2) is 40.6 Å². The molecule has 7 heteroatoms. The van der Waals surface area contributed by atoms with Gasteiger partial charge in [-0.05, 0) is 31.5 Å². The Morgan fingerprint density at radius 3 is 2.72 bits per heavy atom. The molecular formula is C18H23N3O4. The molecule has 1 heterocycles. The molecule has 0 fully saturated rings. The largest absolute Gasteiger partial charge is 0.385 e. The number of benzene rings is 1. The Morgan fingerprint density at radius 2 is 2.12 bits per heavy atom. The lowest BCUT2D eigenvalue weighted by molar-refractivity contribution is -0.385. The van der Waals surface area contributed by atoms with Gasteiger partial charge < -0.3 is 14.2 Å². The molecular weight excluding hydrogens is 322 g/mol. The van der Waals surface area contributed by atoms with E-state index in [0.29, 0.717) is 37.2 Å². The van der Waals surface area contributed by atoms with Gasteiger partial charge in [0.15, 0.2) is 0 Å². The summed E-state index contributed by atoms with van der Waals surface area (Å²) in [6.45, 7) is 3.16. The quantitative estimate of drug-likeness (QED) is 0.419. The van der Waals surface area contributed by atoms with Gasteiger partial charge in [0.1, 0.15) is 0 Å². The second-order valence-electron chi connectivity index (χ2n) is 5.94. The fourth-order valence-electron chi connectivity index (χ4n) is 2.63. The van der Waals surface area contributed by atoms with E-state index < -0.39 is 4.92 Å². The van der Waals surface area contributed by atoms with Crippen molar-refractivity contribution in [2.45, 2.75) is 19.9 Å². The second-order valence-corrected chi connectivity index (χ2v) is 5.94. The molecule has 0 N–H and O–H groups in total. The number of carbonyl (C=O) groups is 1. The van der Waals surface area contributed by atoms with Crippen molar-refractivity contribution in [2.75, 3.05) is 20.3 Å². The zero-order valence-electron chi connectivity index (χ0n) is 14.8. The molecule has 25 heavy (non-hydrogen) atoms. The zero-order valence-corrected chi connectivity index (χ0v) is 14.8. The number of ether oxygens (including phenoxy) is 1. The van der Waals surface area contributed by atoms with Gasteiger partial charge in [-0.25, -0.2) is 0 Å². The van der Waals surface area contributed by atoms with Crippen LogP contribution < -0.4 is 0 Å². The molecule has 1 amide bonds. The van der Waals surface area contributed by atoms with Crippen LogP contribution in [0.15, 0.2) is 36.5 Å². The molecule has 0 spiro atoms. The summed E-state index contributed by atoms with van der Waals surface area (Å²) in [5, 5.41) is 11.1. The van der Waals surface area contributed by atoms with Gasteiger partial charge >= 0.3 is 0 Å². The number of rotatable bonds is 8. The van der Waals surface area contributed by atoms with Crippen LogP contribution in [0, 0.1) is 17.0 Å². The van der Waals surface area contributed by atoms with Crippen LogP contribution in [0.4, 0.5) is 5.69 Å². The summed E-state index contributed by atoms with van der Waals surface area (Å²) in [5.41, 5.74) is 1.81. The number of hydrogen-bond acceptors (Lipinski definition) is 4. The fourth-order valence-corrected chi connectivity index (χ4v) is 2.63. The first-order valence-corrected chi connectivity index (χ1v) is 8.07. The molecule has 0 bridgehead atoms. The van der Waals surface area contributed by atoms with E-state index in [9.17, 15) is 14.9 Å². The summed E-state index contributed by atoms with van der Waals surface area (Å²) >= 11 is 0. The minimum absolute atomic E-state index is 0.0402. The molecule has 134 valence electrons. The van der Waals surface area contributed by atoms with Crippen LogP contribution in [0.3, 0.4) is 0 Å². The maximum Gasteiger partial charge on any atom is 0.273 e. The number of amides is 1. The molecule has 0 aliphatic carbocycles. The lowest BCUT2D eigenvalue weighted by atomic mass is 10.1. The van der Waals surface area contributed by atoms with E-state index in [1.54, 1.807) is 31.1 Å². The van der Waals surface area contributed by atoms with Gasteiger partial charge in [0.25, 0.3) is 11.6 Å². The Labute approximate surface area is 147 Å². The van der Waals surface area contributed by atoms with Gasteiger partial charge in [0.2, 0.25) is 0 Å². The van der Waals surface area contributed by atoms with Crippen LogP contribution in [0.1, 0.15) is 28.0 Å². The number of aromatic nitrogens is 1. The van der Waals surface area contributed by atoms with E-state index in [-0.39, 0.29) is 11.6 Å². The van der Waals surface area contributed by atoms with Crippen LogP contribution in [-0.2, 0) is 18.3 Å². The lowest BCUT2D eigenvalue weighted by Gasteiger charge is -2.23. The smallest absolute Gasteiger partial charge is 0.273 e. The molecule has 0 saturated carbocycles. The molecule has 1 aromatic carbocycles. The molecule has 2 aromatic rings. The van der Waals surface area contributed by atoms with Crippen LogP contribution in [0.2, 0.25) is 0 Å². The number of aryl methyl sites for hydroxylation is 2. The summed E-state index contributed by atoms with van der Waals surface area (Å²) < 4.78 is 7.02. The Kier molecular flexibility index (Phi) is 6.30. The van der Waals surface area contributed by atoms with E-state index in [1.807, 2.05) is 29.9 Å². The van der Waals surface area contributed by atoms with Gasteiger partial charge in [-0.3, -0.25) is 14.9 Å². The van der Waals surface area contributed by atoms with Crippen molar-refractivity contribution in [3.8, 4) is 0 Å². The summed E-state index contributed by atoms with van der Waals surface area (Å²) in [6, 6.07) is 8.48. The van der Waals surface area contributed by atoms with Gasteiger partial charge in [-0.15, -0.1) is 0 Å². The number of hydrogen-bond donors (Lipinski definition) is 0. The van der Waals surface area contributed by atoms with Crippen LogP contribution >= 0.6 is 0 Å². The maximum absolute atomic E-state index is 12.9. The van der Waals surface area contributed by atoms with Gasteiger partial charge in [-0.2, -0.15) is 0 Å². The van der Waals surface area contributed by atoms with E-state index in [0.717, 1.165) is 5.69 Å². The molecule has 0 unspecified atom stereocenters. The number of methoxy groups -OCH3 is 1. The van der Waals surface area contributed by atoms with Crippen molar-refractivity contribution < 1.29 is 14.5 Å². The number of nitro benzene ring substituents is 1. The fraction of sp³-hybridized carbons (Fsp3) is 0.389. The summed E-state index contributed by atoms with van der Waals surface area (Å²) in [7, 11) is 3.54. The predicted molar refractivity (Wildman–Crippen MR) is 94.5 cm³/mol. The molecule has 7 nitrogen and oxygen atoms in total. The molecule has 0 radical (unpaired) electrons. The lowest BCUT2D eigenvalue weighted by Crippen LogP contribution is -2.32. The van der Waals surface area contributed by atoms with Crippen LogP contribution in [0.25, 0.3) is 0 Å². The monoisotopic (exact) mass is 345 g/mol. The van der Waals surface area contributed by atoms with Crippen molar-refractivity contribution >= 4 is 11.6 Å². The molecule has 1 aromatic heterocycles. The first-order valence-electron chi connectivity index (χ1n) is 8.07. The van der Waals surface area contributed by atoms with Crippen molar-refractivity contribution in [3.05, 3.63) is 63.5 Å². The Bertz CT molecular complexity index is 755. The minimum atomic E-state index is -0.460. The molecule has 0 aliphatic heterocycles. The molecule has 0 atom stereocenters. The Balaban J connectivity index is 2.26. The SMILES string of the molecule is COCCCN(Cc1cccn1C)C(=O)c1ccc(C)c([N+](=O)[O-])c1. The van der Waals surface area contributed by atoms with E-state index >= 15 is 0 Å². The third kappa shape index (κ3) is 4.67.